The molecule has 1 saturated heterocycles. The summed E-state index contributed by atoms with van der Waals surface area (Å²) < 4.78 is 0.0491. The molecule has 0 radical (unpaired) electrons. The summed E-state index contributed by atoms with van der Waals surface area (Å²) in [4.78, 5) is 28.0. The molecule has 30 heavy (non-hydrogen) atoms. The summed E-state index contributed by atoms with van der Waals surface area (Å²) in [5.41, 5.74) is 2.52. The van der Waals surface area contributed by atoms with E-state index in [-0.39, 0.29) is 16.5 Å². The third-order valence-electron chi connectivity index (χ3n) is 6.28. The quantitative estimate of drug-likeness (QED) is 0.672. The van der Waals surface area contributed by atoms with E-state index in [9.17, 15) is 4.79 Å². The Morgan fingerprint density at radius 2 is 2.07 bits per heavy atom. The van der Waals surface area contributed by atoms with Gasteiger partial charge in [0.1, 0.15) is 12.1 Å². The van der Waals surface area contributed by atoms with Crippen LogP contribution < -0.4 is 10.2 Å². The van der Waals surface area contributed by atoms with E-state index in [0.717, 1.165) is 56.2 Å². The average molecular weight is 450 g/mol. The molecule has 0 spiro atoms. The number of halogens is 1. The predicted molar refractivity (Wildman–Crippen MR) is 124 cm³/mol. The zero-order valence-corrected chi connectivity index (χ0v) is 19.7. The van der Waals surface area contributed by atoms with Gasteiger partial charge in [-0.2, -0.15) is 0 Å². The van der Waals surface area contributed by atoms with Crippen molar-refractivity contribution in [3.8, 4) is 0 Å². The lowest BCUT2D eigenvalue weighted by molar-refractivity contribution is -0.134. The SMILES string of the molecule is CC(C)NCC(C(=O)N1CCN(c2ncnc3c2[C@H](C)CC3)CC1)C1=CCC(Cl)S1. The van der Waals surface area contributed by atoms with Gasteiger partial charge in [0.2, 0.25) is 5.91 Å². The highest BCUT2D eigenvalue weighted by Crippen LogP contribution is 2.40. The molecule has 0 aromatic carbocycles. The number of hydrogen-bond donors (Lipinski definition) is 1. The van der Waals surface area contributed by atoms with Crippen molar-refractivity contribution in [1.29, 1.82) is 0 Å². The molecule has 3 aliphatic rings. The number of carbonyl (C=O) groups excluding carboxylic acids is 1. The predicted octanol–water partition coefficient (Wildman–Crippen LogP) is 3.37. The molecule has 3 heterocycles. The number of hydrogen-bond acceptors (Lipinski definition) is 6. The van der Waals surface area contributed by atoms with Crippen LogP contribution in [0.15, 0.2) is 17.3 Å². The fraction of sp³-hybridized carbons (Fsp3) is 0.682. The number of allylic oxidation sites excluding steroid dienone is 1. The van der Waals surface area contributed by atoms with E-state index in [1.54, 1.807) is 18.1 Å². The highest BCUT2D eigenvalue weighted by Gasteiger charge is 2.34. The van der Waals surface area contributed by atoms with E-state index in [2.05, 4.69) is 47.0 Å². The number of nitrogens with one attached hydrogen (secondary N) is 1. The Morgan fingerprint density at radius 1 is 1.30 bits per heavy atom. The van der Waals surface area contributed by atoms with E-state index < -0.39 is 0 Å². The number of anilines is 1. The van der Waals surface area contributed by atoms with Crippen molar-refractivity contribution in [3.63, 3.8) is 0 Å². The number of thioether (sulfide) groups is 1. The van der Waals surface area contributed by atoms with Gasteiger partial charge in [0.15, 0.2) is 0 Å². The Balaban J connectivity index is 1.42. The lowest BCUT2D eigenvalue weighted by Crippen LogP contribution is -2.52. The van der Waals surface area contributed by atoms with Crippen LogP contribution in [0.5, 0.6) is 0 Å². The molecule has 3 atom stereocenters. The van der Waals surface area contributed by atoms with Crippen LogP contribution in [-0.4, -0.2) is 64.2 Å². The minimum atomic E-state index is -0.143. The minimum absolute atomic E-state index is 0.0491. The summed E-state index contributed by atoms with van der Waals surface area (Å²) in [6, 6.07) is 0.345. The number of amides is 1. The van der Waals surface area contributed by atoms with Crippen molar-refractivity contribution in [2.75, 3.05) is 37.6 Å². The van der Waals surface area contributed by atoms with Crippen molar-refractivity contribution in [3.05, 3.63) is 28.6 Å². The third-order valence-corrected chi connectivity index (χ3v) is 7.90. The molecule has 0 saturated carbocycles. The first kappa shape index (κ1) is 21.9. The van der Waals surface area contributed by atoms with Gasteiger partial charge in [0.05, 0.1) is 10.6 Å². The number of rotatable bonds is 6. The molecule has 2 aliphatic heterocycles. The van der Waals surface area contributed by atoms with Crippen molar-refractivity contribution >= 4 is 35.1 Å². The van der Waals surface area contributed by atoms with E-state index in [1.165, 1.54) is 11.3 Å². The third kappa shape index (κ3) is 4.63. The molecule has 1 fully saturated rings. The number of nitrogens with zero attached hydrogens (tertiary/aromatic N) is 4. The summed E-state index contributed by atoms with van der Waals surface area (Å²) in [5.74, 6) is 1.66. The maximum Gasteiger partial charge on any atom is 0.232 e. The summed E-state index contributed by atoms with van der Waals surface area (Å²) in [7, 11) is 0. The second-order valence-electron chi connectivity index (χ2n) is 8.80. The molecule has 1 N–H and O–H groups in total. The first-order valence-electron chi connectivity index (χ1n) is 11.1. The van der Waals surface area contributed by atoms with Crippen LogP contribution >= 0.6 is 23.4 Å². The number of fused-ring (bicyclic) bond motifs is 1. The topological polar surface area (TPSA) is 61.4 Å². The van der Waals surface area contributed by atoms with E-state index >= 15 is 0 Å². The van der Waals surface area contributed by atoms with Gasteiger partial charge in [-0.1, -0.05) is 26.8 Å². The average Bonchev–Trinajstić information content (AvgIpc) is 3.34. The number of aromatic nitrogens is 2. The van der Waals surface area contributed by atoms with E-state index in [1.807, 2.05) is 4.90 Å². The largest absolute Gasteiger partial charge is 0.353 e. The van der Waals surface area contributed by atoms with Crippen molar-refractivity contribution in [2.45, 2.75) is 56.7 Å². The van der Waals surface area contributed by atoms with Crippen LogP contribution in [0.3, 0.4) is 0 Å². The molecule has 1 aromatic rings. The summed E-state index contributed by atoms with van der Waals surface area (Å²) in [5, 5.41) is 3.45. The van der Waals surface area contributed by atoms with Crippen LogP contribution in [0.25, 0.3) is 0 Å². The molecule has 1 amide bonds. The normalized spacial score (nSPS) is 24.9. The molecule has 6 nitrogen and oxygen atoms in total. The first-order chi connectivity index (χ1) is 14.4. The number of aryl methyl sites for hydroxylation is 1. The van der Waals surface area contributed by atoms with Crippen molar-refractivity contribution in [1.82, 2.24) is 20.2 Å². The molecule has 1 aromatic heterocycles. The number of carbonyl (C=O) groups is 1. The molecule has 1 aliphatic carbocycles. The van der Waals surface area contributed by atoms with Crippen LogP contribution in [-0.2, 0) is 11.2 Å². The Morgan fingerprint density at radius 3 is 2.73 bits per heavy atom. The second-order valence-corrected chi connectivity index (χ2v) is 10.9. The Hall–Kier alpha value is -1.31. The fourth-order valence-electron chi connectivity index (χ4n) is 4.57. The molecule has 4 rings (SSSR count). The maximum atomic E-state index is 13.4. The van der Waals surface area contributed by atoms with Crippen LogP contribution in [0.4, 0.5) is 5.82 Å². The minimum Gasteiger partial charge on any atom is -0.353 e. The van der Waals surface area contributed by atoms with Gasteiger partial charge in [-0.3, -0.25) is 4.79 Å². The Labute approximate surface area is 188 Å². The van der Waals surface area contributed by atoms with Crippen molar-refractivity contribution < 1.29 is 4.79 Å². The zero-order valence-electron chi connectivity index (χ0n) is 18.1. The second kappa shape index (κ2) is 9.45. The highest BCUT2D eigenvalue weighted by molar-refractivity contribution is 8.05. The standard InChI is InChI=1S/C22H32ClN5OS/c1-14(2)24-12-16(18-6-7-19(23)30-18)22(29)28-10-8-27(9-11-28)21-20-15(3)4-5-17(20)25-13-26-21/h6,13-16,19,24H,4-5,7-12H2,1-3H3/t15-,16?,19?/m1/s1. The van der Waals surface area contributed by atoms with Gasteiger partial charge in [0, 0.05) is 50.0 Å². The van der Waals surface area contributed by atoms with Gasteiger partial charge >= 0.3 is 0 Å². The molecule has 164 valence electrons. The molecular weight excluding hydrogens is 418 g/mol. The molecule has 2 unspecified atom stereocenters. The summed E-state index contributed by atoms with van der Waals surface area (Å²) >= 11 is 7.94. The van der Waals surface area contributed by atoms with Gasteiger partial charge in [-0.25, -0.2) is 9.97 Å². The summed E-state index contributed by atoms with van der Waals surface area (Å²) in [6.07, 6.45) is 6.87. The van der Waals surface area contributed by atoms with Gasteiger partial charge in [-0.05, 0) is 30.1 Å². The molecule has 0 bridgehead atoms. The summed E-state index contributed by atoms with van der Waals surface area (Å²) in [6.45, 7) is 10.2. The zero-order chi connectivity index (χ0) is 21.3. The number of piperazine rings is 1. The van der Waals surface area contributed by atoms with Crippen LogP contribution in [0.2, 0.25) is 0 Å². The van der Waals surface area contributed by atoms with E-state index in [0.29, 0.717) is 18.5 Å². The smallest absolute Gasteiger partial charge is 0.232 e. The lowest BCUT2D eigenvalue weighted by Gasteiger charge is -2.38. The van der Waals surface area contributed by atoms with Crippen molar-refractivity contribution in [2.24, 2.45) is 5.92 Å². The van der Waals surface area contributed by atoms with Crippen LogP contribution in [0.1, 0.15) is 50.8 Å². The Kier molecular flexibility index (Phi) is 6.90. The maximum absolute atomic E-state index is 13.4. The lowest BCUT2D eigenvalue weighted by atomic mass is 10.0. The van der Waals surface area contributed by atoms with Gasteiger partial charge < -0.3 is 15.1 Å². The van der Waals surface area contributed by atoms with E-state index in [4.69, 9.17) is 11.6 Å². The number of alkyl halides is 1. The fourth-order valence-corrected chi connectivity index (χ4v) is 6.00. The first-order valence-corrected chi connectivity index (χ1v) is 12.4. The van der Waals surface area contributed by atoms with Gasteiger partial charge in [0.25, 0.3) is 0 Å². The Bertz CT molecular complexity index is 809. The molecular formula is C22H32ClN5OS. The van der Waals surface area contributed by atoms with Gasteiger partial charge in [-0.15, -0.1) is 23.4 Å². The monoisotopic (exact) mass is 449 g/mol. The highest BCUT2D eigenvalue weighted by atomic mass is 35.5. The molecule has 8 heteroatoms. The van der Waals surface area contributed by atoms with Crippen LogP contribution in [0, 0.1) is 5.92 Å².